The highest BCUT2D eigenvalue weighted by atomic mass is 15.4. The maximum Gasteiger partial charge on any atom is 0.0783 e. The van der Waals surface area contributed by atoms with Crippen molar-refractivity contribution in [1.29, 1.82) is 0 Å². The van der Waals surface area contributed by atoms with E-state index in [9.17, 15) is 0 Å². The van der Waals surface area contributed by atoms with Crippen molar-refractivity contribution < 1.29 is 0 Å². The van der Waals surface area contributed by atoms with Gasteiger partial charge in [0, 0.05) is 12.1 Å². The molecule has 4 nitrogen and oxygen atoms in total. The number of hydrogen-bond donors (Lipinski definition) is 1. The molecule has 1 aromatic carbocycles. The lowest BCUT2D eigenvalue weighted by atomic mass is 10.1. The lowest BCUT2D eigenvalue weighted by Crippen LogP contribution is -2.35. The van der Waals surface area contributed by atoms with Gasteiger partial charge in [0.25, 0.3) is 0 Å². The van der Waals surface area contributed by atoms with E-state index < -0.39 is 0 Å². The van der Waals surface area contributed by atoms with Gasteiger partial charge in [0.1, 0.15) is 0 Å². The number of nitrogens with zero attached hydrogens (tertiary/aromatic N) is 3. The first-order chi connectivity index (χ1) is 8.88. The molecule has 0 radical (unpaired) electrons. The highest BCUT2D eigenvalue weighted by Gasteiger charge is 2.13. The third-order valence-corrected chi connectivity index (χ3v) is 3.22. The van der Waals surface area contributed by atoms with Crippen LogP contribution in [0.1, 0.15) is 37.6 Å². The predicted octanol–water partition coefficient (Wildman–Crippen LogP) is 2.77. The van der Waals surface area contributed by atoms with Crippen LogP contribution in [0.25, 0.3) is 5.69 Å². The molecule has 0 saturated heterocycles. The second-order valence-corrected chi connectivity index (χ2v) is 5.96. The Morgan fingerprint density at radius 3 is 2.63 bits per heavy atom. The summed E-state index contributed by atoms with van der Waals surface area (Å²) in [7, 11) is 0. The Labute approximate surface area is 114 Å². The zero-order valence-corrected chi connectivity index (χ0v) is 12.4. The highest BCUT2D eigenvalue weighted by molar-refractivity contribution is 5.44. The van der Waals surface area contributed by atoms with Gasteiger partial charge in [-0.25, -0.2) is 4.68 Å². The van der Waals surface area contributed by atoms with Crippen LogP contribution >= 0.6 is 0 Å². The molecule has 0 bridgehead atoms. The van der Waals surface area contributed by atoms with Crippen LogP contribution in [0, 0.1) is 13.8 Å². The van der Waals surface area contributed by atoms with E-state index in [1.807, 2.05) is 10.9 Å². The van der Waals surface area contributed by atoms with Crippen molar-refractivity contribution in [3.05, 3.63) is 41.2 Å². The monoisotopic (exact) mass is 258 g/mol. The van der Waals surface area contributed by atoms with Gasteiger partial charge in [0.05, 0.1) is 17.6 Å². The summed E-state index contributed by atoms with van der Waals surface area (Å²) >= 11 is 0. The third kappa shape index (κ3) is 3.20. The molecule has 4 heteroatoms. The van der Waals surface area contributed by atoms with Crippen molar-refractivity contribution in [2.24, 2.45) is 0 Å². The van der Waals surface area contributed by atoms with Crippen molar-refractivity contribution in [3.8, 4) is 5.69 Å². The molecule has 0 spiro atoms. The summed E-state index contributed by atoms with van der Waals surface area (Å²) in [6, 6.07) is 6.25. The fourth-order valence-electron chi connectivity index (χ4n) is 1.90. The Morgan fingerprint density at radius 1 is 1.21 bits per heavy atom. The van der Waals surface area contributed by atoms with E-state index in [1.165, 1.54) is 11.1 Å². The molecule has 2 aromatic rings. The number of aryl methyl sites for hydroxylation is 1. The molecule has 1 heterocycles. The average molecular weight is 258 g/mol. The second kappa shape index (κ2) is 5.13. The van der Waals surface area contributed by atoms with Gasteiger partial charge in [-0.15, -0.1) is 5.10 Å². The molecule has 0 amide bonds. The first kappa shape index (κ1) is 13.7. The van der Waals surface area contributed by atoms with Gasteiger partial charge in [-0.3, -0.25) is 0 Å². The van der Waals surface area contributed by atoms with Crippen molar-refractivity contribution in [3.63, 3.8) is 0 Å². The Bertz CT molecular complexity index is 564. The largest absolute Gasteiger partial charge is 0.306 e. The van der Waals surface area contributed by atoms with Crippen molar-refractivity contribution >= 4 is 0 Å². The van der Waals surface area contributed by atoms with E-state index in [0.29, 0.717) is 0 Å². The molecule has 0 aliphatic heterocycles. The van der Waals surface area contributed by atoms with E-state index in [-0.39, 0.29) is 5.54 Å². The molecule has 0 aliphatic rings. The number of hydrogen-bond acceptors (Lipinski definition) is 3. The molecule has 0 unspecified atom stereocenters. The topological polar surface area (TPSA) is 42.7 Å². The highest BCUT2D eigenvalue weighted by Crippen LogP contribution is 2.18. The summed E-state index contributed by atoms with van der Waals surface area (Å²) in [5.41, 5.74) is 4.76. The average Bonchev–Trinajstić information content (AvgIpc) is 2.77. The molecular formula is C15H22N4. The van der Waals surface area contributed by atoms with Crippen LogP contribution in [0.3, 0.4) is 0 Å². The zero-order valence-electron chi connectivity index (χ0n) is 12.4. The van der Waals surface area contributed by atoms with Crippen LogP contribution in [-0.4, -0.2) is 20.5 Å². The minimum atomic E-state index is 0.0801. The van der Waals surface area contributed by atoms with Crippen LogP contribution < -0.4 is 5.32 Å². The van der Waals surface area contributed by atoms with E-state index in [4.69, 9.17) is 0 Å². The van der Waals surface area contributed by atoms with Crippen molar-refractivity contribution in [1.82, 2.24) is 20.3 Å². The first-order valence-corrected chi connectivity index (χ1v) is 6.60. The van der Waals surface area contributed by atoms with Crippen molar-refractivity contribution in [2.75, 3.05) is 0 Å². The quantitative estimate of drug-likeness (QED) is 0.920. The molecule has 0 aliphatic carbocycles. The summed E-state index contributed by atoms with van der Waals surface area (Å²) in [6.07, 6.45) is 1.82. The van der Waals surface area contributed by atoms with E-state index in [1.54, 1.807) is 0 Å². The molecule has 1 N–H and O–H groups in total. The van der Waals surface area contributed by atoms with Gasteiger partial charge in [-0.2, -0.15) is 0 Å². The number of benzene rings is 1. The molecule has 102 valence electrons. The summed E-state index contributed by atoms with van der Waals surface area (Å²) in [5, 5.41) is 11.7. The Kier molecular flexibility index (Phi) is 3.71. The molecule has 19 heavy (non-hydrogen) atoms. The molecular weight excluding hydrogens is 236 g/mol. The third-order valence-electron chi connectivity index (χ3n) is 3.22. The number of rotatable bonds is 3. The van der Waals surface area contributed by atoms with Gasteiger partial charge in [0.15, 0.2) is 0 Å². The number of aromatic nitrogens is 3. The summed E-state index contributed by atoms with van der Waals surface area (Å²) in [4.78, 5) is 0. The number of nitrogens with one attached hydrogen (secondary N) is 1. The second-order valence-electron chi connectivity index (χ2n) is 5.96. The van der Waals surface area contributed by atoms with E-state index in [0.717, 1.165) is 17.9 Å². The van der Waals surface area contributed by atoms with Crippen LogP contribution in [-0.2, 0) is 6.54 Å². The van der Waals surface area contributed by atoms with Gasteiger partial charge in [-0.1, -0.05) is 17.3 Å². The Morgan fingerprint density at radius 2 is 1.95 bits per heavy atom. The standard InChI is InChI=1S/C15H22N4/c1-11-7-6-8-14(12(11)2)19-13(10-17-18-19)9-16-15(3,4)5/h6-8,10,16H,9H2,1-5H3. The molecule has 2 rings (SSSR count). The Hall–Kier alpha value is -1.68. The molecule has 0 fully saturated rings. The van der Waals surface area contributed by atoms with Crippen molar-refractivity contribution in [2.45, 2.75) is 46.7 Å². The van der Waals surface area contributed by atoms with Crippen LogP contribution in [0.15, 0.2) is 24.4 Å². The van der Waals surface area contributed by atoms with Gasteiger partial charge >= 0.3 is 0 Å². The fraction of sp³-hybridized carbons (Fsp3) is 0.467. The summed E-state index contributed by atoms with van der Waals surface area (Å²) in [6.45, 7) is 11.4. The minimum Gasteiger partial charge on any atom is -0.306 e. The van der Waals surface area contributed by atoms with Gasteiger partial charge in [-0.05, 0) is 51.8 Å². The SMILES string of the molecule is Cc1cccc(-n2nncc2CNC(C)(C)C)c1C. The molecule has 1 aromatic heterocycles. The fourth-order valence-corrected chi connectivity index (χ4v) is 1.90. The van der Waals surface area contributed by atoms with E-state index >= 15 is 0 Å². The summed E-state index contributed by atoms with van der Waals surface area (Å²) < 4.78 is 1.92. The maximum absolute atomic E-state index is 4.22. The normalized spacial score (nSPS) is 11.8. The lowest BCUT2D eigenvalue weighted by molar-refractivity contribution is 0.418. The molecule has 0 saturated carbocycles. The van der Waals surface area contributed by atoms with E-state index in [2.05, 4.69) is 68.4 Å². The van der Waals surface area contributed by atoms with Gasteiger partial charge in [0.2, 0.25) is 0 Å². The minimum absolute atomic E-state index is 0.0801. The molecule has 0 atom stereocenters. The van der Waals surface area contributed by atoms with Gasteiger partial charge < -0.3 is 5.32 Å². The van der Waals surface area contributed by atoms with Crippen LogP contribution in [0.2, 0.25) is 0 Å². The predicted molar refractivity (Wildman–Crippen MR) is 77.4 cm³/mol. The lowest BCUT2D eigenvalue weighted by Gasteiger charge is -2.20. The maximum atomic E-state index is 4.22. The Balaban J connectivity index is 2.31. The summed E-state index contributed by atoms with van der Waals surface area (Å²) in [5.74, 6) is 0. The van der Waals surface area contributed by atoms with Crippen LogP contribution in [0.4, 0.5) is 0 Å². The first-order valence-electron chi connectivity index (χ1n) is 6.60. The van der Waals surface area contributed by atoms with Crippen LogP contribution in [0.5, 0.6) is 0 Å². The smallest absolute Gasteiger partial charge is 0.0783 e. The zero-order chi connectivity index (χ0) is 14.0.